The molecule has 140 valence electrons. The van der Waals surface area contributed by atoms with E-state index in [1.165, 1.54) is 11.3 Å². The largest absolute Gasteiger partial charge is 0.461 e. The van der Waals surface area contributed by atoms with E-state index in [1.54, 1.807) is 41.5 Å². The third kappa shape index (κ3) is 5.54. The van der Waals surface area contributed by atoms with Crippen LogP contribution in [0.5, 0.6) is 0 Å². The maximum Gasteiger partial charge on any atom is 0.357 e. The van der Waals surface area contributed by atoms with Crippen LogP contribution in [0.15, 0.2) is 29.6 Å². The van der Waals surface area contributed by atoms with Crippen LogP contribution >= 0.6 is 22.9 Å². The molecule has 2 rings (SSSR count). The third-order valence-corrected chi connectivity index (χ3v) is 4.89. The topological polar surface area (TPSA) is 59.5 Å². The van der Waals surface area contributed by atoms with E-state index >= 15 is 0 Å². The Kier molecular flexibility index (Phi) is 7.60. The van der Waals surface area contributed by atoms with Crippen LogP contribution in [0.4, 0.5) is 0 Å². The lowest BCUT2D eigenvalue weighted by molar-refractivity contribution is 0.0520. The second kappa shape index (κ2) is 9.69. The number of aromatic nitrogens is 1. The fourth-order valence-electron chi connectivity index (χ4n) is 2.32. The first-order valence-electron chi connectivity index (χ1n) is 8.57. The summed E-state index contributed by atoms with van der Waals surface area (Å²) < 4.78 is 4.96. The Bertz CT molecular complexity index is 761. The van der Waals surface area contributed by atoms with Crippen molar-refractivity contribution in [3.8, 4) is 0 Å². The van der Waals surface area contributed by atoms with Crippen molar-refractivity contribution in [2.24, 2.45) is 5.92 Å². The van der Waals surface area contributed by atoms with E-state index in [-0.39, 0.29) is 11.6 Å². The molecular weight excluding hydrogens is 372 g/mol. The highest BCUT2D eigenvalue weighted by Gasteiger charge is 2.21. The van der Waals surface area contributed by atoms with E-state index in [0.29, 0.717) is 41.2 Å². The Balaban J connectivity index is 2.18. The minimum Gasteiger partial charge on any atom is -0.461 e. The molecule has 7 heteroatoms. The molecule has 0 N–H and O–H groups in total. The van der Waals surface area contributed by atoms with Gasteiger partial charge in [0.05, 0.1) is 23.7 Å². The van der Waals surface area contributed by atoms with Crippen LogP contribution in [-0.4, -0.2) is 34.9 Å². The molecule has 0 bridgehead atoms. The predicted molar refractivity (Wildman–Crippen MR) is 104 cm³/mol. The number of rotatable bonds is 8. The van der Waals surface area contributed by atoms with Crippen LogP contribution in [0.25, 0.3) is 0 Å². The average molecular weight is 395 g/mol. The van der Waals surface area contributed by atoms with Crippen molar-refractivity contribution in [3.05, 3.63) is 50.9 Å². The lowest BCUT2D eigenvalue weighted by Gasteiger charge is -2.23. The quantitative estimate of drug-likeness (QED) is 0.611. The Hall–Kier alpha value is -1.92. The first-order valence-corrected chi connectivity index (χ1v) is 9.83. The van der Waals surface area contributed by atoms with Gasteiger partial charge in [-0.15, -0.1) is 11.3 Å². The summed E-state index contributed by atoms with van der Waals surface area (Å²) in [6.45, 7) is 7.20. The summed E-state index contributed by atoms with van der Waals surface area (Å²) in [5.41, 5.74) is 0.751. The molecule has 1 aromatic heterocycles. The number of ether oxygens (including phenoxy) is 1. The van der Waals surface area contributed by atoms with Gasteiger partial charge in [0.15, 0.2) is 5.69 Å². The fraction of sp³-hybridized carbons (Fsp3) is 0.421. The summed E-state index contributed by atoms with van der Waals surface area (Å²) in [6, 6.07) is 7.02. The lowest BCUT2D eigenvalue weighted by atomic mass is 10.1. The van der Waals surface area contributed by atoms with Crippen molar-refractivity contribution >= 4 is 34.8 Å². The highest BCUT2D eigenvalue weighted by molar-refractivity contribution is 7.09. The molecule has 2 aromatic rings. The molecule has 0 saturated carbocycles. The molecule has 0 atom stereocenters. The Morgan fingerprint density at radius 1 is 1.31 bits per heavy atom. The number of thiazole rings is 1. The van der Waals surface area contributed by atoms with E-state index in [1.807, 2.05) is 0 Å². The number of benzene rings is 1. The zero-order valence-electron chi connectivity index (χ0n) is 15.2. The zero-order valence-corrected chi connectivity index (χ0v) is 16.8. The first kappa shape index (κ1) is 20.4. The number of amides is 1. The summed E-state index contributed by atoms with van der Waals surface area (Å²) in [7, 11) is 0. The van der Waals surface area contributed by atoms with Gasteiger partial charge in [-0.2, -0.15) is 0 Å². The second-order valence-electron chi connectivity index (χ2n) is 6.24. The molecule has 0 radical (unpaired) electrons. The van der Waals surface area contributed by atoms with Crippen LogP contribution in [0.2, 0.25) is 5.02 Å². The van der Waals surface area contributed by atoms with Gasteiger partial charge in [-0.3, -0.25) is 4.79 Å². The highest BCUT2D eigenvalue weighted by Crippen LogP contribution is 2.21. The number of carbonyl (C=O) groups is 2. The Labute approximate surface area is 162 Å². The molecule has 0 unspecified atom stereocenters. The van der Waals surface area contributed by atoms with Gasteiger partial charge in [0.2, 0.25) is 0 Å². The standard InChI is InChI=1S/C19H23ClN2O3S/c1-4-25-19(24)16-12-26-17(21-16)11-22(10-9-13(2)3)18(23)14-7-5-6-8-15(14)20/h5-8,12-13H,4,9-11H2,1-3H3. The molecule has 1 heterocycles. The molecule has 5 nitrogen and oxygen atoms in total. The van der Waals surface area contributed by atoms with Crippen LogP contribution < -0.4 is 0 Å². The first-order chi connectivity index (χ1) is 12.4. The molecule has 0 saturated heterocycles. The van der Waals surface area contributed by atoms with Crippen molar-refractivity contribution in [2.75, 3.05) is 13.2 Å². The number of carbonyl (C=O) groups excluding carboxylic acids is 2. The number of halogens is 1. The van der Waals surface area contributed by atoms with Gasteiger partial charge in [0.1, 0.15) is 5.01 Å². The Morgan fingerprint density at radius 2 is 2.04 bits per heavy atom. The normalized spacial score (nSPS) is 10.8. The van der Waals surface area contributed by atoms with Crippen molar-refractivity contribution in [2.45, 2.75) is 33.7 Å². The summed E-state index contributed by atoms with van der Waals surface area (Å²) in [5.74, 6) is -0.117. The molecule has 0 spiro atoms. The number of esters is 1. The zero-order chi connectivity index (χ0) is 19.1. The minimum absolute atomic E-state index is 0.135. The van der Waals surface area contributed by atoms with Gasteiger partial charge < -0.3 is 9.64 Å². The van der Waals surface area contributed by atoms with Crippen molar-refractivity contribution < 1.29 is 14.3 Å². The number of hydrogen-bond donors (Lipinski definition) is 0. The maximum absolute atomic E-state index is 13.0. The molecule has 0 fully saturated rings. The molecular formula is C19H23ClN2O3S. The highest BCUT2D eigenvalue weighted by atomic mass is 35.5. The molecule has 1 aromatic carbocycles. The summed E-state index contributed by atoms with van der Waals surface area (Å²) >= 11 is 7.53. The van der Waals surface area contributed by atoms with E-state index in [0.717, 1.165) is 6.42 Å². The summed E-state index contributed by atoms with van der Waals surface area (Å²) in [6.07, 6.45) is 0.867. The minimum atomic E-state index is -0.443. The van der Waals surface area contributed by atoms with Gasteiger partial charge in [0, 0.05) is 11.9 Å². The summed E-state index contributed by atoms with van der Waals surface area (Å²) in [4.78, 5) is 30.8. The van der Waals surface area contributed by atoms with Crippen LogP contribution in [0.1, 0.15) is 53.0 Å². The number of nitrogens with zero attached hydrogens (tertiary/aromatic N) is 2. The van der Waals surface area contributed by atoms with Crippen LogP contribution in [0, 0.1) is 5.92 Å². The fourth-order valence-corrected chi connectivity index (χ4v) is 3.31. The van der Waals surface area contributed by atoms with Crippen molar-refractivity contribution in [1.29, 1.82) is 0 Å². The smallest absolute Gasteiger partial charge is 0.357 e. The average Bonchev–Trinajstić information content (AvgIpc) is 3.07. The van der Waals surface area contributed by atoms with E-state index in [9.17, 15) is 9.59 Å². The molecule has 0 aliphatic rings. The second-order valence-corrected chi connectivity index (χ2v) is 7.59. The molecule has 26 heavy (non-hydrogen) atoms. The van der Waals surface area contributed by atoms with Gasteiger partial charge in [-0.1, -0.05) is 37.6 Å². The van der Waals surface area contributed by atoms with Crippen molar-refractivity contribution in [1.82, 2.24) is 9.88 Å². The van der Waals surface area contributed by atoms with Gasteiger partial charge in [0.25, 0.3) is 5.91 Å². The SMILES string of the molecule is CCOC(=O)c1csc(CN(CCC(C)C)C(=O)c2ccccc2Cl)n1. The van der Waals surface area contributed by atoms with Crippen LogP contribution in [0.3, 0.4) is 0 Å². The lowest BCUT2D eigenvalue weighted by Crippen LogP contribution is -2.32. The van der Waals surface area contributed by atoms with Gasteiger partial charge in [-0.05, 0) is 31.4 Å². The summed E-state index contributed by atoms with van der Waals surface area (Å²) in [5, 5.41) is 2.78. The van der Waals surface area contributed by atoms with Crippen molar-refractivity contribution in [3.63, 3.8) is 0 Å². The molecule has 0 aliphatic carbocycles. The monoisotopic (exact) mass is 394 g/mol. The molecule has 1 amide bonds. The van der Waals surface area contributed by atoms with Crippen LogP contribution in [-0.2, 0) is 11.3 Å². The van der Waals surface area contributed by atoms with E-state index in [4.69, 9.17) is 16.3 Å². The molecule has 0 aliphatic heterocycles. The van der Waals surface area contributed by atoms with Gasteiger partial charge >= 0.3 is 5.97 Å². The number of hydrogen-bond acceptors (Lipinski definition) is 5. The van der Waals surface area contributed by atoms with Gasteiger partial charge in [-0.25, -0.2) is 9.78 Å². The predicted octanol–water partition coefficient (Wildman–Crippen LogP) is 4.66. The van der Waals surface area contributed by atoms with E-state index < -0.39 is 5.97 Å². The Morgan fingerprint density at radius 3 is 2.69 bits per heavy atom. The van der Waals surface area contributed by atoms with E-state index in [2.05, 4.69) is 18.8 Å². The maximum atomic E-state index is 13.0. The third-order valence-electron chi connectivity index (χ3n) is 3.73.